The molecule has 3 aromatic heterocycles. The summed E-state index contributed by atoms with van der Waals surface area (Å²) in [6.45, 7) is 13.6. The van der Waals surface area contributed by atoms with E-state index < -0.39 is 35.0 Å². The summed E-state index contributed by atoms with van der Waals surface area (Å²) in [5.74, 6) is -1.12. The lowest BCUT2D eigenvalue weighted by atomic mass is 9.99. The van der Waals surface area contributed by atoms with E-state index in [0.29, 0.717) is 28.1 Å². The number of nitrogens with zero attached hydrogens (tertiary/aromatic N) is 6. The molecule has 49 heavy (non-hydrogen) atoms. The minimum absolute atomic E-state index is 0.0257. The van der Waals surface area contributed by atoms with Gasteiger partial charge in [-0.05, 0) is 50.8 Å². The predicted octanol–water partition coefficient (Wildman–Crippen LogP) is 6.27. The average Bonchev–Trinajstić information content (AvgIpc) is 3.03. The Kier molecular flexibility index (Phi) is 8.76. The fraction of sp³-hybridized carbons (Fsp3) is 0.429. The molecule has 1 fully saturated rings. The van der Waals surface area contributed by atoms with Gasteiger partial charge in [-0.25, -0.2) is 24.1 Å². The van der Waals surface area contributed by atoms with Crippen molar-refractivity contribution in [2.75, 3.05) is 37.0 Å². The normalized spacial score (nSPS) is 16.2. The molecule has 1 atom stereocenters. The zero-order valence-corrected chi connectivity index (χ0v) is 29.5. The van der Waals surface area contributed by atoms with Crippen LogP contribution in [0.25, 0.3) is 28.0 Å². The number of aromatic nitrogens is 4. The van der Waals surface area contributed by atoms with Gasteiger partial charge < -0.3 is 24.6 Å². The van der Waals surface area contributed by atoms with Crippen molar-refractivity contribution in [2.24, 2.45) is 0 Å². The van der Waals surface area contributed by atoms with Crippen LogP contribution in [-0.4, -0.2) is 74.8 Å². The third-order valence-electron chi connectivity index (χ3n) is 8.58. The van der Waals surface area contributed by atoms with Gasteiger partial charge >= 0.3 is 6.09 Å². The molecule has 0 aliphatic carbocycles. The summed E-state index contributed by atoms with van der Waals surface area (Å²) < 4.78 is 28.0. The second-order valence-electron chi connectivity index (χ2n) is 13.8. The Morgan fingerprint density at radius 1 is 1.06 bits per heavy atom. The van der Waals surface area contributed by atoms with Gasteiger partial charge in [-0.15, -0.1) is 0 Å². The van der Waals surface area contributed by atoms with Gasteiger partial charge in [-0.3, -0.25) is 14.2 Å². The zero-order chi connectivity index (χ0) is 35.5. The van der Waals surface area contributed by atoms with Crippen molar-refractivity contribution < 1.29 is 23.5 Å². The number of hydrogen-bond donors (Lipinski definition) is 1. The van der Waals surface area contributed by atoms with Crippen molar-refractivity contribution in [2.45, 2.75) is 71.9 Å². The fourth-order valence-electron chi connectivity index (χ4n) is 6.42. The lowest BCUT2D eigenvalue weighted by Gasteiger charge is -2.45. The van der Waals surface area contributed by atoms with E-state index in [4.69, 9.17) is 26.1 Å². The standard InChI is InChI=1S/C35H39ClFN7O5/c1-17(2)25-30(26(18(3)4)39-16-38-25)44-31-19(14-20(36)27(40-31)24-21(37)10-9-11-23(24)48-8)29-28(33(44)46)41-32(45)22-15-42(12-13-43(22)29)34(47)49-35(5,6)7/h9-11,14,16-18,22H,12-13,15H2,1-8H3,(H,41,45)/t22-/m1/s1. The average molecular weight is 692 g/mol. The minimum atomic E-state index is -0.838. The number of methoxy groups -OCH3 is 1. The van der Waals surface area contributed by atoms with E-state index in [1.54, 1.807) is 37.8 Å². The van der Waals surface area contributed by atoms with E-state index in [1.807, 2.05) is 27.7 Å². The van der Waals surface area contributed by atoms with Gasteiger partial charge in [-0.1, -0.05) is 45.4 Å². The number of piperazine rings is 1. The molecule has 0 bridgehead atoms. The molecule has 0 saturated carbocycles. The van der Waals surface area contributed by atoms with Crippen LogP contribution in [0.4, 0.5) is 20.6 Å². The largest absolute Gasteiger partial charge is 0.496 e. The maximum Gasteiger partial charge on any atom is 0.410 e. The number of ether oxygens (including phenoxy) is 2. The number of fused-ring (bicyclic) bond motifs is 5. The van der Waals surface area contributed by atoms with Crippen LogP contribution in [0.5, 0.6) is 5.75 Å². The molecule has 2 amide bonds. The van der Waals surface area contributed by atoms with Crippen LogP contribution in [0.3, 0.4) is 0 Å². The van der Waals surface area contributed by atoms with Crippen molar-refractivity contribution in [3.8, 4) is 22.7 Å². The van der Waals surface area contributed by atoms with Gasteiger partial charge in [0.1, 0.15) is 35.2 Å². The van der Waals surface area contributed by atoms with Crippen LogP contribution in [0.1, 0.15) is 71.7 Å². The Bertz CT molecular complexity index is 2030. The summed E-state index contributed by atoms with van der Waals surface area (Å²) >= 11 is 6.94. The Morgan fingerprint density at radius 2 is 1.73 bits per heavy atom. The molecule has 1 saturated heterocycles. The van der Waals surface area contributed by atoms with Crippen LogP contribution in [0, 0.1) is 5.82 Å². The molecule has 0 radical (unpaired) electrons. The monoisotopic (exact) mass is 691 g/mol. The lowest BCUT2D eigenvalue weighted by molar-refractivity contribution is -0.118. The molecule has 2 aliphatic heterocycles. The first-order chi connectivity index (χ1) is 23.1. The third-order valence-corrected chi connectivity index (χ3v) is 8.86. The first-order valence-electron chi connectivity index (χ1n) is 16.2. The van der Waals surface area contributed by atoms with Crippen LogP contribution in [0.15, 0.2) is 35.4 Å². The number of rotatable bonds is 5. The molecule has 258 valence electrons. The Morgan fingerprint density at radius 3 is 2.35 bits per heavy atom. The fourth-order valence-corrected chi connectivity index (χ4v) is 6.67. The molecule has 2 aliphatic rings. The van der Waals surface area contributed by atoms with E-state index in [2.05, 4.69) is 15.3 Å². The maximum absolute atomic E-state index is 15.5. The second kappa shape index (κ2) is 12.6. The number of anilines is 2. The van der Waals surface area contributed by atoms with Gasteiger partial charge in [0.2, 0.25) is 5.91 Å². The molecule has 6 rings (SSSR count). The van der Waals surface area contributed by atoms with Gasteiger partial charge in [-0.2, -0.15) is 0 Å². The van der Waals surface area contributed by atoms with E-state index in [1.165, 1.54) is 35.0 Å². The van der Waals surface area contributed by atoms with Crippen molar-refractivity contribution >= 4 is 46.0 Å². The quantitative estimate of drug-likeness (QED) is 0.257. The number of pyridine rings is 2. The predicted molar refractivity (Wildman–Crippen MR) is 186 cm³/mol. The van der Waals surface area contributed by atoms with E-state index in [-0.39, 0.29) is 64.8 Å². The number of carbonyl (C=O) groups is 2. The summed E-state index contributed by atoms with van der Waals surface area (Å²) in [6, 6.07) is 5.19. The molecule has 5 heterocycles. The molecular formula is C35H39ClFN7O5. The number of carbonyl (C=O) groups excluding carboxylic acids is 2. The molecule has 0 spiro atoms. The van der Waals surface area contributed by atoms with E-state index in [0.717, 1.165) is 0 Å². The first kappa shape index (κ1) is 34.1. The highest BCUT2D eigenvalue weighted by Gasteiger charge is 2.43. The molecule has 0 unspecified atom stereocenters. The summed E-state index contributed by atoms with van der Waals surface area (Å²) in [5, 5.41) is 3.38. The van der Waals surface area contributed by atoms with Gasteiger partial charge in [0, 0.05) is 18.5 Å². The van der Waals surface area contributed by atoms with Gasteiger partial charge in [0.15, 0.2) is 5.65 Å². The first-order valence-corrected chi connectivity index (χ1v) is 16.5. The van der Waals surface area contributed by atoms with Crippen LogP contribution in [-0.2, 0) is 9.53 Å². The third kappa shape index (κ3) is 5.94. The molecule has 14 heteroatoms. The topological polar surface area (TPSA) is 132 Å². The Balaban J connectivity index is 1.67. The van der Waals surface area contributed by atoms with Crippen molar-refractivity contribution in [1.29, 1.82) is 0 Å². The van der Waals surface area contributed by atoms with Gasteiger partial charge in [0.05, 0.1) is 52.7 Å². The Labute approximate surface area is 288 Å². The van der Waals surface area contributed by atoms with E-state index in [9.17, 15) is 14.4 Å². The second-order valence-corrected chi connectivity index (χ2v) is 14.2. The smallest absolute Gasteiger partial charge is 0.410 e. The van der Waals surface area contributed by atoms with Crippen molar-refractivity contribution in [3.05, 3.63) is 63.2 Å². The van der Waals surface area contributed by atoms with Crippen molar-refractivity contribution in [1.82, 2.24) is 24.4 Å². The highest BCUT2D eigenvalue weighted by Crippen LogP contribution is 2.43. The van der Waals surface area contributed by atoms with E-state index >= 15 is 4.39 Å². The minimum Gasteiger partial charge on any atom is -0.496 e. The van der Waals surface area contributed by atoms with Crippen LogP contribution < -0.4 is 20.5 Å². The van der Waals surface area contributed by atoms with Gasteiger partial charge in [0.25, 0.3) is 5.56 Å². The number of amides is 2. The summed E-state index contributed by atoms with van der Waals surface area (Å²) in [4.78, 5) is 59.0. The highest BCUT2D eigenvalue weighted by atomic mass is 35.5. The Hall–Kier alpha value is -4.78. The lowest BCUT2D eigenvalue weighted by Crippen LogP contribution is -2.62. The van der Waals surface area contributed by atoms with Crippen LogP contribution >= 0.6 is 11.6 Å². The maximum atomic E-state index is 15.5. The number of benzene rings is 1. The molecule has 12 nitrogen and oxygen atoms in total. The number of nitrogens with one attached hydrogen (secondary N) is 1. The summed E-state index contributed by atoms with van der Waals surface area (Å²) in [7, 11) is 1.42. The number of halogens is 2. The summed E-state index contributed by atoms with van der Waals surface area (Å²) in [6.07, 6.45) is 0.932. The van der Waals surface area contributed by atoms with Crippen molar-refractivity contribution in [3.63, 3.8) is 0 Å². The molecular weight excluding hydrogens is 653 g/mol. The highest BCUT2D eigenvalue weighted by molar-refractivity contribution is 6.34. The zero-order valence-electron chi connectivity index (χ0n) is 28.7. The SMILES string of the molecule is COc1cccc(F)c1-c1nc2c(cc1Cl)c1c(c(=O)n2-c2c(C(C)C)ncnc2C(C)C)NC(=O)[C@H]2CN(C(=O)OC(C)(C)C)CCN12. The molecule has 1 aromatic carbocycles. The molecule has 4 aromatic rings. The van der Waals surface area contributed by atoms with Crippen LogP contribution in [0.2, 0.25) is 5.02 Å². The summed E-state index contributed by atoms with van der Waals surface area (Å²) in [5.41, 5.74) is 1.02. The molecule has 1 N–H and O–H groups in total. The number of hydrogen-bond acceptors (Lipinski definition) is 9.